The molecule has 1 heterocycles. The average molecular weight is 219 g/mol. The molecule has 0 unspecified atom stereocenters. The Balaban J connectivity index is 1.95. The number of hydrogen-bond acceptors (Lipinski definition) is 3. The van der Waals surface area contributed by atoms with Gasteiger partial charge in [-0.1, -0.05) is 29.8 Å². The molecule has 0 N–H and O–H groups in total. The van der Waals surface area contributed by atoms with Crippen molar-refractivity contribution < 1.29 is 9.53 Å². The summed E-state index contributed by atoms with van der Waals surface area (Å²) in [7, 11) is 1.45. The van der Waals surface area contributed by atoms with Crippen LogP contribution >= 0.6 is 0 Å². The lowest BCUT2D eigenvalue weighted by Gasteiger charge is -2.38. The number of hydrogen-bond donors (Lipinski definition) is 0. The fourth-order valence-corrected chi connectivity index (χ4v) is 1.96. The normalized spacial score (nSPS) is 20.2. The maximum atomic E-state index is 11.4. The largest absolute Gasteiger partial charge is 0.468 e. The van der Waals surface area contributed by atoms with Crippen LogP contribution in [0.1, 0.15) is 17.5 Å². The monoisotopic (exact) mass is 219 g/mol. The van der Waals surface area contributed by atoms with Crippen LogP contribution in [0.4, 0.5) is 0 Å². The zero-order chi connectivity index (χ0) is 11.5. The lowest BCUT2D eigenvalue weighted by Crippen LogP contribution is -2.52. The average Bonchev–Trinajstić information content (AvgIpc) is 2.26. The molecule has 0 spiro atoms. The first-order valence-corrected chi connectivity index (χ1v) is 5.58. The van der Waals surface area contributed by atoms with E-state index in [9.17, 15) is 4.79 Å². The summed E-state index contributed by atoms with van der Waals surface area (Å²) in [5.41, 5.74) is 2.51. The van der Waals surface area contributed by atoms with E-state index >= 15 is 0 Å². The molecule has 1 aromatic carbocycles. The van der Waals surface area contributed by atoms with Gasteiger partial charge in [0.05, 0.1) is 7.11 Å². The van der Waals surface area contributed by atoms with E-state index in [-0.39, 0.29) is 12.0 Å². The molecule has 2 rings (SSSR count). The number of methoxy groups -OCH3 is 1. The maximum absolute atomic E-state index is 11.4. The summed E-state index contributed by atoms with van der Waals surface area (Å²) in [4.78, 5) is 13.5. The minimum Gasteiger partial charge on any atom is -0.468 e. The summed E-state index contributed by atoms with van der Waals surface area (Å²) in [5.74, 6) is -0.113. The van der Waals surface area contributed by atoms with E-state index in [0.29, 0.717) is 0 Å². The Morgan fingerprint density at radius 3 is 2.62 bits per heavy atom. The summed E-state index contributed by atoms with van der Waals surface area (Å²) in [5, 5.41) is 0. The lowest BCUT2D eigenvalue weighted by atomic mass is 10.0. The molecule has 0 aliphatic carbocycles. The van der Waals surface area contributed by atoms with Crippen molar-refractivity contribution >= 4 is 5.97 Å². The van der Waals surface area contributed by atoms with Crippen LogP contribution in [0, 0.1) is 6.92 Å². The summed E-state index contributed by atoms with van der Waals surface area (Å²) in [6.45, 7) is 3.89. The van der Waals surface area contributed by atoms with Crippen molar-refractivity contribution in [2.45, 2.75) is 25.9 Å². The number of rotatable bonds is 3. The van der Waals surface area contributed by atoms with Crippen molar-refractivity contribution in [1.29, 1.82) is 0 Å². The molecule has 1 atom stereocenters. The highest BCUT2D eigenvalue weighted by Gasteiger charge is 2.34. The van der Waals surface area contributed by atoms with Crippen molar-refractivity contribution in [3.05, 3.63) is 35.4 Å². The lowest BCUT2D eigenvalue weighted by molar-refractivity contribution is -0.152. The Kier molecular flexibility index (Phi) is 3.25. The molecule has 3 nitrogen and oxygen atoms in total. The smallest absolute Gasteiger partial charge is 0.323 e. The number of nitrogens with zero attached hydrogens (tertiary/aromatic N) is 1. The van der Waals surface area contributed by atoms with Crippen LogP contribution in [-0.4, -0.2) is 30.6 Å². The van der Waals surface area contributed by atoms with Gasteiger partial charge >= 0.3 is 5.97 Å². The van der Waals surface area contributed by atoms with Crippen LogP contribution in [0.15, 0.2) is 24.3 Å². The van der Waals surface area contributed by atoms with Crippen molar-refractivity contribution in [1.82, 2.24) is 4.90 Å². The van der Waals surface area contributed by atoms with E-state index < -0.39 is 0 Å². The molecule has 1 aliphatic rings. The third-order valence-electron chi connectivity index (χ3n) is 3.11. The van der Waals surface area contributed by atoms with Crippen LogP contribution in [0.2, 0.25) is 0 Å². The molecule has 0 amide bonds. The number of likely N-dealkylation sites (tertiary alicyclic amines) is 1. The first kappa shape index (κ1) is 11.1. The molecule has 1 saturated heterocycles. The van der Waals surface area contributed by atoms with Crippen LogP contribution in [0.25, 0.3) is 0 Å². The van der Waals surface area contributed by atoms with Gasteiger partial charge in [0.15, 0.2) is 0 Å². The van der Waals surface area contributed by atoms with Gasteiger partial charge in [0, 0.05) is 13.1 Å². The van der Waals surface area contributed by atoms with Crippen LogP contribution in [-0.2, 0) is 16.1 Å². The molecule has 0 aromatic heterocycles. The molecular formula is C13H17NO2. The first-order chi connectivity index (χ1) is 7.70. The zero-order valence-electron chi connectivity index (χ0n) is 9.77. The highest BCUT2D eigenvalue weighted by atomic mass is 16.5. The summed E-state index contributed by atoms with van der Waals surface area (Å²) in [6.07, 6.45) is 0.915. The minimum absolute atomic E-state index is 0.0358. The molecule has 1 aromatic rings. The summed E-state index contributed by atoms with van der Waals surface area (Å²) < 4.78 is 4.76. The molecule has 16 heavy (non-hydrogen) atoms. The van der Waals surface area contributed by atoms with E-state index in [2.05, 4.69) is 36.1 Å². The molecule has 3 heteroatoms. The first-order valence-electron chi connectivity index (χ1n) is 5.58. The highest BCUT2D eigenvalue weighted by Crippen LogP contribution is 2.21. The van der Waals surface area contributed by atoms with Gasteiger partial charge in [-0.05, 0) is 18.9 Å². The Hall–Kier alpha value is -1.35. The summed E-state index contributed by atoms with van der Waals surface area (Å²) in [6, 6.07) is 8.39. The number of benzene rings is 1. The fraction of sp³-hybridized carbons (Fsp3) is 0.462. The van der Waals surface area contributed by atoms with E-state index in [1.54, 1.807) is 0 Å². The maximum Gasteiger partial charge on any atom is 0.323 e. The quantitative estimate of drug-likeness (QED) is 0.725. The van der Waals surface area contributed by atoms with Gasteiger partial charge in [-0.2, -0.15) is 0 Å². The topological polar surface area (TPSA) is 29.5 Å². The second-order valence-electron chi connectivity index (χ2n) is 4.28. The van der Waals surface area contributed by atoms with Crippen LogP contribution in [0.5, 0.6) is 0 Å². The molecule has 0 saturated carbocycles. The molecular weight excluding hydrogens is 202 g/mol. The highest BCUT2D eigenvalue weighted by molar-refractivity contribution is 5.76. The van der Waals surface area contributed by atoms with Gasteiger partial charge < -0.3 is 4.74 Å². The Labute approximate surface area is 96.0 Å². The van der Waals surface area contributed by atoms with E-state index in [1.165, 1.54) is 18.2 Å². The fourth-order valence-electron chi connectivity index (χ4n) is 1.96. The van der Waals surface area contributed by atoms with E-state index in [1.807, 2.05) is 0 Å². The molecule has 1 fully saturated rings. The zero-order valence-corrected chi connectivity index (χ0v) is 9.77. The second-order valence-corrected chi connectivity index (χ2v) is 4.28. The van der Waals surface area contributed by atoms with Gasteiger partial charge in [0.2, 0.25) is 0 Å². The molecule has 86 valence electrons. The number of carbonyl (C=O) groups is 1. The number of aryl methyl sites for hydroxylation is 1. The number of esters is 1. The van der Waals surface area contributed by atoms with Gasteiger partial charge in [-0.3, -0.25) is 9.69 Å². The number of carbonyl (C=O) groups excluding carboxylic acids is 1. The van der Waals surface area contributed by atoms with Gasteiger partial charge in [0.1, 0.15) is 6.04 Å². The second kappa shape index (κ2) is 4.66. The third kappa shape index (κ3) is 2.25. The van der Waals surface area contributed by atoms with Crippen LogP contribution < -0.4 is 0 Å². The SMILES string of the molecule is COC(=O)[C@@H]1CCN1Cc1ccc(C)cc1. The van der Waals surface area contributed by atoms with Gasteiger partial charge in [-0.15, -0.1) is 0 Å². The standard InChI is InChI=1S/C13H17NO2/c1-10-3-5-11(6-4-10)9-14-8-7-12(14)13(15)16-2/h3-6,12H,7-9H2,1-2H3/t12-/m0/s1. The molecule has 0 radical (unpaired) electrons. The van der Waals surface area contributed by atoms with E-state index in [0.717, 1.165) is 19.5 Å². The van der Waals surface area contributed by atoms with Gasteiger partial charge in [-0.25, -0.2) is 0 Å². The Morgan fingerprint density at radius 2 is 2.12 bits per heavy atom. The Morgan fingerprint density at radius 1 is 1.44 bits per heavy atom. The van der Waals surface area contributed by atoms with Crippen molar-refractivity contribution in [3.8, 4) is 0 Å². The predicted octanol–water partition coefficient (Wildman–Crippen LogP) is 1.74. The minimum atomic E-state index is -0.113. The predicted molar refractivity (Wildman–Crippen MR) is 62.0 cm³/mol. The summed E-state index contributed by atoms with van der Waals surface area (Å²) >= 11 is 0. The Bertz CT molecular complexity index is 372. The van der Waals surface area contributed by atoms with Crippen molar-refractivity contribution in [3.63, 3.8) is 0 Å². The van der Waals surface area contributed by atoms with Gasteiger partial charge in [0.25, 0.3) is 0 Å². The van der Waals surface area contributed by atoms with Crippen molar-refractivity contribution in [2.24, 2.45) is 0 Å². The molecule has 1 aliphatic heterocycles. The van der Waals surface area contributed by atoms with Crippen molar-refractivity contribution in [2.75, 3.05) is 13.7 Å². The van der Waals surface area contributed by atoms with E-state index in [4.69, 9.17) is 4.74 Å². The molecule has 0 bridgehead atoms. The number of ether oxygens (including phenoxy) is 1. The van der Waals surface area contributed by atoms with Crippen LogP contribution in [0.3, 0.4) is 0 Å². The third-order valence-corrected chi connectivity index (χ3v) is 3.11.